The van der Waals surface area contributed by atoms with E-state index < -0.39 is 17.7 Å². The van der Waals surface area contributed by atoms with Gasteiger partial charge in [-0.15, -0.1) is 0 Å². The number of amides is 3. The Bertz CT molecular complexity index is 1230. The molecule has 1 aliphatic carbocycles. The van der Waals surface area contributed by atoms with Crippen LogP contribution in [0.15, 0.2) is 46.9 Å². The Balaban J connectivity index is 1.61. The van der Waals surface area contributed by atoms with Crippen molar-refractivity contribution in [2.75, 3.05) is 10.7 Å². The predicted molar refractivity (Wildman–Crippen MR) is 133 cm³/mol. The average molecular weight is 532 g/mol. The molecule has 1 aliphatic rings. The number of fused-ring (bicyclic) bond motifs is 1. The van der Waals surface area contributed by atoms with Crippen molar-refractivity contribution >= 4 is 61.8 Å². The first-order chi connectivity index (χ1) is 15.8. The normalized spacial score (nSPS) is 14.2. The summed E-state index contributed by atoms with van der Waals surface area (Å²) in [5.74, 6) is -1.98. The van der Waals surface area contributed by atoms with E-state index in [0.717, 1.165) is 47.5 Å². The Morgan fingerprint density at radius 2 is 1.79 bits per heavy atom. The van der Waals surface area contributed by atoms with Crippen molar-refractivity contribution in [3.63, 3.8) is 0 Å². The molecule has 0 bridgehead atoms. The number of carbonyl (C=O) groups excluding carboxylic acids is 3. The highest BCUT2D eigenvalue weighted by atomic mass is 79.9. The average Bonchev–Trinajstić information content (AvgIpc) is 3.15. The Labute approximate surface area is 205 Å². The van der Waals surface area contributed by atoms with Gasteiger partial charge in [-0.3, -0.25) is 19.8 Å². The summed E-state index contributed by atoms with van der Waals surface area (Å²) in [5, 5.41) is 6.91. The second-order valence-corrected chi connectivity index (χ2v) is 9.51. The summed E-state index contributed by atoms with van der Waals surface area (Å²) in [5.41, 5.74) is 4.66. The standard InChI is InChI=1S/C24H24BrClN4O3/c1-14-18(26)8-5-9-19(14)28-22(31)21-13-15-12-16(25)10-11-20(15)30(21)29-24(33)23(32)27-17-6-3-2-4-7-17/h5,8-13,17H,2-4,6-7H2,1H3,(H,27,32)(H,28,31)(H,29,33). The summed E-state index contributed by atoms with van der Waals surface area (Å²) in [6.07, 6.45) is 4.96. The van der Waals surface area contributed by atoms with Crippen LogP contribution < -0.4 is 16.1 Å². The maximum absolute atomic E-state index is 13.2. The molecule has 0 unspecified atom stereocenters. The molecule has 1 saturated carbocycles. The Hall–Kier alpha value is -2.84. The number of halogens is 2. The highest BCUT2D eigenvalue weighted by molar-refractivity contribution is 9.10. The van der Waals surface area contributed by atoms with Gasteiger partial charge < -0.3 is 10.6 Å². The van der Waals surface area contributed by atoms with Crippen molar-refractivity contribution in [3.05, 3.63) is 63.2 Å². The number of aromatic nitrogens is 1. The minimum Gasteiger partial charge on any atom is -0.345 e. The topological polar surface area (TPSA) is 92.2 Å². The zero-order valence-electron chi connectivity index (χ0n) is 18.1. The van der Waals surface area contributed by atoms with E-state index in [0.29, 0.717) is 16.2 Å². The van der Waals surface area contributed by atoms with Crippen LogP contribution in [0.4, 0.5) is 5.69 Å². The second kappa shape index (κ2) is 9.97. The molecule has 7 nitrogen and oxygen atoms in total. The van der Waals surface area contributed by atoms with E-state index >= 15 is 0 Å². The molecule has 3 N–H and O–H groups in total. The van der Waals surface area contributed by atoms with Gasteiger partial charge in [0, 0.05) is 26.6 Å². The molecule has 1 aromatic heterocycles. The quantitative estimate of drug-likeness (QED) is 0.407. The molecular formula is C24H24BrClN4O3. The van der Waals surface area contributed by atoms with Crippen molar-refractivity contribution in [1.82, 2.24) is 9.99 Å². The highest BCUT2D eigenvalue weighted by Gasteiger charge is 2.24. The second-order valence-electron chi connectivity index (χ2n) is 8.18. The number of carbonyl (C=O) groups is 3. The SMILES string of the molecule is Cc1c(Cl)cccc1NC(=O)c1cc2cc(Br)ccc2n1NC(=O)C(=O)NC1CCCCC1. The molecule has 9 heteroatoms. The third-order valence-electron chi connectivity index (χ3n) is 5.87. The first-order valence-corrected chi connectivity index (χ1v) is 12.0. The van der Waals surface area contributed by atoms with Gasteiger partial charge in [0.15, 0.2) is 0 Å². The lowest BCUT2D eigenvalue weighted by Crippen LogP contribution is -2.44. The lowest BCUT2D eigenvalue weighted by molar-refractivity contribution is -0.137. The predicted octanol–water partition coefficient (Wildman–Crippen LogP) is 5.14. The van der Waals surface area contributed by atoms with Crippen molar-refractivity contribution in [1.29, 1.82) is 0 Å². The third-order valence-corrected chi connectivity index (χ3v) is 6.77. The van der Waals surface area contributed by atoms with Crippen LogP contribution in [0.1, 0.15) is 48.2 Å². The number of hydrogen-bond donors (Lipinski definition) is 3. The van der Waals surface area contributed by atoms with Gasteiger partial charge in [0.05, 0.1) is 5.52 Å². The maximum atomic E-state index is 13.2. The number of nitrogens with one attached hydrogen (secondary N) is 3. The molecule has 33 heavy (non-hydrogen) atoms. The molecule has 1 fully saturated rings. The molecule has 4 rings (SSSR count). The van der Waals surface area contributed by atoms with Gasteiger partial charge in [-0.2, -0.15) is 0 Å². The first kappa shape index (κ1) is 23.3. The van der Waals surface area contributed by atoms with Gasteiger partial charge in [-0.1, -0.05) is 52.9 Å². The van der Waals surface area contributed by atoms with Gasteiger partial charge in [0.25, 0.3) is 5.91 Å². The molecule has 0 radical (unpaired) electrons. The van der Waals surface area contributed by atoms with Crippen molar-refractivity contribution in [3.8, 4) is 0 Å². The van der Waals surface area contributed by atoms with Gasteiger partial charge in [0.2, 0.25) is 0 Å². The summed E-state index contributed by atoms with van der Waals surface area (Å²) < 4.78 is 2.17. The fraction of sp³-hybridized carbons (Fsp3) is 0.292. The minimum absolute atomic E-state index is 0.00272. The summed E-state index contributed by atoms with van der Waals surface area (Å²) in [6.45, 7) is 1.81. The van der Waals surface area contributed by atoms with Crippen LogP contribution in [0, 0.1) is 6.92 Å². The van der Waals surface area contributed by atoms with Gasteiger partial charge >= 0.3 is 11.8 Å². The van der Waals surface area contributed by atoms with Crippen LogP contribution in [-0.4, -0.2) is 28.4 Å². The van der Waals surface area contributed by atoms with Crippen LogP contribution in [0.5, 0.6) is 0 Å². The van der Waals surface area contributed by atoms with Crippen LogP contribution >= 0.6 is 27.5 Å². The van der Waals surface area contributed by atoms with Crippen LogP contribution in [0.2, 0.25) is 5.02 Å². The molecule has 1 heterocycles. The number of nitrogens with zero attached hydrogens (tertiary/aromatic N) is 1. The Kier molecular flexibility index (Phi) is 7.05. The number of anilines is 1. The van der Waals surface area contributed by atoms with E-state index in [4.69, 9.17) is 11.6 Å². The van der Waals surface area contributed by atoms with Gasteiger partial charge in [-0.25, -0.2) is 4.68 Å². The van der Waals surface area contributed by atoms with Gasteiger partial charge in [-0.05, 0) is 61.7 Å². The maximum Gasteiger partial charge on any atom is 0.328 e. The summed E-state index contributed by atoms with van der Waals surface area (Å²) >= 11 is 9.60. The smallest absolute Gasteiger partial charge is 0.328 e. The van der Waals surface area contributed by atoms with Crippen LogP contribution in [-0.2, 0) is 9.59 Å². The van der Waals surface area contributed by atoms with Crippen LogP contribution in [0.3, 0.4) is 0 Å². The molecule has 2 aromatic carbocycles. The Morgan fingerprint density at radius 3 is 2.55 bits per heavy atom. The molecule has 172 valence electrons. The van der Waals surface area contributed by atoms with Crippen LogP contribution in [0.25, 0.3) is 10.9 Å². The van der Waals surface area contributed by atoms with E-state index in [-0.39, 0.29) is 11.7 Å². The summed E-state index contributed by atoms with van der Waals surface area (Å²) in [6, 6.07) is 12.3. The van der Waals surface area contributed by atoms with Gasteiger partial charge in [0.1, 0.15) is 5.69 Å². The lowest BCUT2D eigenvalue weighted by Gasteiger charge is -2.22. The largest absolute Gasteiger partial charge is 0.345 e. The number of benzene rings is 2. The zero-order chi connectivity index (χ0) is 23.5. The number of hydrogen-bond acceptors (Lipinski definition) is 3. The molecule has 0 spiro atoms. The highest BCUT2D eigenvalue weighted by Crippen LogP contribution is 2.26. The monoisotopic (exact) mass is 530 g/mol. The molecule has 0 atom stereocenters. The molecule has 3 aromatic rings. The van der Waals surface area contributed by atoms with Crippen molar-refractivity contribution in [2.24, 2.45) is 0 Å². The fourth-order valence-electron chi connectivity index (χ4n) is 4.05. The van der Waals surface area contributed by atoms with E-state index in [2.05, 4.69) is 32.0 Å². The molecular weight excluding hydrogens is 508 g/mol. The van der Waals surface area contributed by atoms with Crippen molar-refractivity contribution < 1.29 is 14.4 Å². The van der Waals surface area contributed by atoms with E-state index in [1.54, 1.807) is 36.4 Å². The van der Waals surface area contributed by atoms with E-state index in [1.165, 1.54) is 4.68 Å². The molecule has 3 amide bonds. The fourth-order valence-corrected chi connectivity index (χ4v) is 4.61. The first-order valence-electron chi connectivity index (χ1n) is 10.8. The molecule has 0 saturated heterocycles. The number of rotatable bonds is 4. The van der Waals surface area contributed by atoms with E-state index in [1.807, 2.05) is 13.0 Å². The third kappa shape index (κ3) is 5.23. The molecule has 0 aliphatic heterocycles. The zero-order valence-corrected chi connectivity index (χ0v) is 20.4. The van der Waals surface area contributed by atoms with Crippen molar-refractivity contribution in [2.45, 2.75) is 45.1 Å². The summed E-state index contributed by atoms with van der Waals surface area (Å²) in [4.78, 5) is 38.4. The summed E-state index contributed by atoms with van der Waals surface area (Å²) in [7, 11) is 0. The van der Waals surface area contributed by atoms with E-state index in [9.17, 15) is 14.4 Å². The Morgan fingerprint density at radius 1 is 1.03 bits per heavy atom. The minimum atomic E-state index is -0.825. The lowest BCUT2D eigenvalue weighted by atomic mass is 9.95.